The largest absolute Gasteiger partial charge is 0.492 e. The molecule has 1 aromatic rings. The molecule has 18 heavy (non-hydrogen) atoms. The number of benzene rings is 1. The summed E-state index contributed by atoms with van der Waals surface area (Å²) in [5.41, 5.74) is 1.58. The molecular formula is C15H20BrClO. The summed E-state index contributed by atoms with van der Waals surface area (Å²) < 4.78 is 6.65. The Morgan fingerprint density at radius 3 is 2.67 bits per heavy atom. The lowest BCUT2D eigenvalue weighted by atomic mass is 10.0. The van der Waals surface area contributed by atoms with Crippen LogP contribution in [0.15, 0.2) is 22.7 Å². The van der Waals surface area contributed by atoms with E-state index in [4.69, 9.17) is 16.3 Å². The third-order valence-corrected chi connectivity index (χ3v) is 4.85. The predicted molar refractivity (Wildman–Crippen MR) is 80.4 cm³/mol. The average molecular weight is 332 g/mol. The van der Waals surface area contributed by atoms with Crippen LogP contribution in [0.25, 0.3) is 0 Å². The number of alkyl halides is 1. The molecule has 2 atom stereocenters. The summed E-state index contributed by atoms with van der Waals surface area (Å²) in [4.78, 5) is 0. The van der Waals surface area contributed by atoms with E-state index in [0.717, 1.165) is 23.2 Å². The summed E-state index contributed by atoms with van der Waals surface area (Å²) in [6.07, 6.45) is 2.23. The van der Waals surface area contributed by atoms with Crippen molar-refractivity contribution in [1.29, 1.82) is 0 Å². The number of hydrogen-bond donors (Lipinski definition) is 0. The van der Waals surface area contributed by atoms with Gasteiger partial charge in [0.15, 0.2) is 0 Å². The quantitative estimate of drug-likeness (QED) is 0.641. The second kappa shape index (κ2) is 5.42. The molecule has 1 aliphatic carbocycles. The van der Waals surface area contributed by atoms with Crippen LogP contribution in [0.2, 0.25) is 0 Å². The first-order chi connectivity index (χ1) is 8.45. The highest BCUT2D eigenvalue weighted by molar-refractivity contribution is 9.10. The van der Waals surface area contributed by atoms with Crippen molar-refractivity contribution in [3.63, 3.8) is 0 Å². The first-order valence-electron chi connectivity index (χ1n) is 6.52. The van der Waals surface area contributed by atoms with E-state index in [9.17, 15) is 0 Å². The molecule has 1 aromatic carbocycles. The van der Waals surface area contributed by atoms with Gasteiger partial charge in [0.25, 0.3) is 0 Å². The Bertz CT molecular complexity index is 431. The van der Waals surface area contributed by atoms with Crippen molar-refractivity contribution in [3.05, 3.63) is 28.2 Å². The Hall–Kier alpha value is -0.210. The first-order valence-corrected chi connectivity index (χ1v) is 7.75. The summed E-state index contributed by atoms with van der Waals surface area (Å²) in [5, 5.41) is 0.108. The summed E-state index contributed by atoms with van der Waals surface area (Å²) >= 11 is 10.1. The smallest absolute Gasteiger partial charge is 0.133 e. The number of hydrogen-bond acceptors (Lipinski definition) is 1. The van der Waals surface area contributed by atoms with Crippen LogP contribution in [0.1, 0.15) is 44.6 Å². The standard InChI is InChI=1S/C15H20BrClO/c1-4-7-18-13-6-5-10(8-12(13)16)14(17)11-9-15(11,2)3/h5-6,8,11,14H,4,7,9H2,1-3H3. The Kier molecular flexibility index (Phi) is 4.28. The van der Waals surface area contributed by atoms with Crippen LogP contribution in [0.5, 0.6) is 5.75 Å². The Balaban J connectivity index is 2.09. The van der Waals surface area contributed by atoms with Gasteiger partial charge in [0.05, 0.1) is 16.5 Å². The molecule has 1 fully saturated rings. The van der Waals surface area contributed by atoms with Gasteiger partial charge in [0, 0.05) is 0 Å². The molecule has 0 amide bonds. The second-order valence-corrected chi connectivity index (χ2v) is 7.06. The third-order valence-electron chi connectivity index (χ3n) is 3.68. The van der Waals surface area contributed by atoms with Crippen LogP contribution in [0, 0.1) is 11.3 Å². The van der Waals surface area contributed by atoms with Crippen molar-refractivity contribution in [3.8, 4) is 5.75 Å². The van der Waals surface area contributed by atoms with E-state index >= 15 is 0 Å². The minimum atomic E-state index is 0.108. The highest BCUT2D eigenvalue weighted by Gasteiger charge is 2.49. The van der Waals surface area contributed by atoms with Gasteiger partial charge in [-0.2, -0.15) is 0 Å². The maximum absolute atomic E-state index is 6.56. The summed E-state index contributed by atoms with van der Waals surface area (Å²) in [5.74, 6) is 1.49. The molecule has 2 unspecified atom stereocenters. The minimum absolute atomic E-state index is 0.108. The fraction of sp³-hybridized carbons (Fsp3) is 0.600. The van der Waals surface area contributed by atoms with Crippen LogP contribution < -0.4 is 4.74 Å². The van der Waals surface area contributed by atoms with E-state index in [-0.39, 0.29) is 5.38 Å². The van der Waals surface area contributed by atoms with E-state index < -0.39 is 0 Å². The molecule has 0 aromatic heterocycles. The van der Waals surface area contributed by atoms with Gasteiger partial charge in [-0.1, -0.05) is 26.8 Å². The summed E-state index contributed by atoms with van der Waals surface area (Å²) in [6.45, 7) is 7.41. The first kappa shape index (κ1) is 14.2. The van der Waals surface area contributed by atoms with Gasteiger partial charge >= 0.3 is 0 Å². The molecule has 3 heteroatoms. The van der Waals surface area contributed by atoms with Crippen LogP contribution >= 0.6 is 27.5 Å². The van der Waals surface area contributed by atoms with E-state index in [1.165, 1.54) is 12.0 Å². The zero-order valence-corrected chi connectivity index (χ0v) is 13.5. The highest BCUT2D eigenvalue weighted by Crippen LogP contribution is 2.60. The fourth-order valence-corrected chi connectivity index (χ4v) is 3.33. The lowest BCUT2D eigenvalue weighted by Gasteiger charge is -2.14. The van der Waals surface area contributed by atoms with Gasteiger partial charge in [0.1, 0.15) is 5.75 Å². The molecule has 1 nitrogen and oxygen atoms in total. The molecule has 0 radical (unpaired) electrons. The SMILES string of the molecule is CCCOc1ccc(C(Cl)C2CC2(C)C)cc1Br. The van der Waals surface area contributed by atoms with Crippen LogP contribution in [-0.4, -0.2) is 6.61 Å². The Morgan fingerprint density at radius 1 is 1.50 bits per heavy atom. The summed E-state index contributed by atoms with van der Waals surface area (Å²) in [7, 11) is 0. The lowest BCUT2D eigenvalue weighted by molar-refractivity contribution is 0.315. The molecule has 100 valence electrons. The van der Waals surface area contributed by atoms with Gasteiger partial charge in [-0.05, 0) is 57.8 Å². The van der Waals surface area contributed by atoms with Gasteiger partial charge in [-0.15, -0.1) is 11.6 Å². The Labute approximate surface area is 123 Å². The molecule has 0 bridgehead atoms. The monoisotopic (exact) mass is 330 g/mol. The van der Waals surface area contributed by atoms with Crippen molar-refractivity contribution in [2.45, 2.75) is 39.0 Å². The third kappa shape index (κ3) is 3.03. The van der Waals surface area contributed by atoms with E-state index in [1.807, 2.05) is 6.07 Å². The molecule has 0 N–H and O–H groups in total. The zero-order valence-electron chi connectivity index (χ0n) is 11.2. The molecule has 1 saturated carbocycles. The van der Waals surface area contributed by atoms with E-state index in [1.54, 1.807) is 0 Å². The second-order valence-electron chi connectivity index (χ2n) is 5.74. The number of rotatable bonds is 5. The van der Waals surface area contributed by atoms with Crippen LogP contribution in [0.4, 0.5) is 0 Å². The van der Waals surface area contributed by atoms with Gasteiger partial charge < -0.3 is 4.74 Å². The van der Waals surface area contributed by atoms with Crippen LogP contribution in [0.3, 0.4) is 0 Å². The van der Waals surface area contributed by atoms with Crippen LogP contribution in [-0.2, 0) is 0 Å². The van der Waals surface area contributed by atoms with Crippen molar-refractivity contribution >= 4 is 27.5 Å². The number of halogens is 2. The van der Waals surface area contributed by atoms with Gasteiger partial charge in [-0.3, -0.25) is 0 Å². The van der Waals surface area contributed by atoms with E-state index in [2.05, 4.69) is 48.8 Å². The fourth-order valence-electron chi connectivity index (χ4n) is 2.26. The molecule has 0 heterocycles. The maximum atomic E-state index is 6.56. The van der Waals surface area contributed by atoms with Crippen molar-refractivity contribution in [2.24, 2.45) is 11.3 Å². The topological polar surface area (TPSA) is 9.23 Å². The molecule has 1 aliphatic rings. The average Bonchev–Trinajstić information content (AvgIpc) is 2.96. The van der Waals surface area contributed by atoms with Crippen molar-refractivity contribution < 1.29 is 4.74 Å². The Morgan fingerprint density at radius 2 is 2.17 bits per heavy atom. The van der Waals surface area contributed by atoms with Gasteiger partial charge in [-0.25, -0.2) is 0 Å². The zero-order chi connectivity index (χ0) is 13.3. The predicted octanol–water partition coefficient (Wildman–Crippen LogP) is 5.56. The highest BCUT2D eigenvalue weighted by atomic mass is 79.9. The molecule has 2 rings (SSSR count). The molecule has 0 saturated heterocycles. The molecule has 0 aliphatic heterocycles. The molecule has 0 spiro atoms. The number of ether oxygens (including phenoxy) is 1. The minimum Gasteiger partial charge on any atom is -0.492 e. The molecular weight excluding hydrogens is 312 g/mol. The summed E-state index contributed by atoms with van der Waals surface area (Å²) in [6, 6.07) is 6.19. The van der Waals surface area contributed by atoms with E-state index in [0.29, 0.717) is 11.3 Å². The van der Waals surface area contributed by atoms with Gasteiger partial charge in [0.2, 0.25) is 0 Å². The van der Waals surface area contributed by atoms with Crippen molar-refractivity contribution in [2.75, 3.05) is 6.61 Å². The van der Waals surface area contributed by atoms with Crippen molar-refractivity contribution in [1.82, 2.24) is 0 Å². The maximum Gasteiger partial charge on any atom is 0.133 e. The lowest BCUT2D eigenvalue weighted by Crippen LogP contribution is -2.01. The normalized spacial score (nSPS) is 22.6.